The number of benzene rings is 2. The lowest BCUT2D eigenvalue weighted by atomic mass is 10.2. The van der Waals surface area contributed by atoms with Gasteiger partial charge in [0, 0.05) is 44.8 Å². The van der Waals surface area contributed by atoms with Gasteiger partial charge in [-0.25, -0.2) is 0 Å². The molecule has 34 heavy (non-hydrogen) atoms. The van der Waals surface area contributed by atoms with Crippen LogP contribution in [0.3, 0.4) is 0 Å². The van der Waals surface area contributed by atoms with Crippen LogP contribution in [0.15, 0.2) is 64.2 Å². The Kier molecular flexibility index (Phi) is 7.93. The molecule has 0 fully saturated rings. The third-order valence-corrected chi connectivity index (χ3v) is 7.23. The van der Waals surface area contributed by atoms with Gasteiger partial charge in [0.15, 0.2) is 16.8 Å². The Hall–Kier alpha value is -2.39. The fourth-order valence-electron chi connectivity index (χ4n) is 3.83. The molecule has 0 N–H and O–H groups in total. The Morgan fingerprint density at radius 2 is 1.79 bits per heavy atom. The second-order valence-corrected chi connectivity index (χ2v) is 10.1. The van der Waals surface area contributed by atoms with E-state index in [4.69, 9.17) is 16.3 Å². The molecule has 4 aromatic rings. The Morgan fingerprint density at radius 3 is 2.47 bits per heavy atom. The number of thioether (sulfide) groups is 1. The van der Waals surface area contributed by atoms with Gasteiger partial charge in [0.2, 0.25) is 0 Å². The van der Waals surface area contributed by atoms with E-state index in [1.165, 1.54) is 11.8 Å². The van der Waals surface area contributed by atoms with E-state index in [9.17, 15) is 4.79 Å². The topological polar surface area (TPSA) is 61.9 Å². The van der Waals surface area contributed by atoms with Gasteiger partial charge in [0.05, 0.1) is 18.9 Å². The molecule has 176 valence electrons. The van der Waals surface area contributed by atoms with Crippen LogP contribution in [0.4, 0.5) is 0 Å². The number of aryl methyl sites for hydroxylation is 1. The molecule has 0 atom stereocenters. The Balaban J connectivity index is 1.56. The van der Waals surface area contributed by atoms with Gasteiger partial charge in [0.1, 0.15) is 0 Å². The van der Waals surface area contributed by atoms with Gasteiger partial charge in [-0.1, -0.05) is 39.3 Å². The molecule has 0 bridgehead atoms. The Morgan fingerprint density at radius 1 is 1.09 bits per heavy atom. The first-order valence-corrected chi connectivity index (χ1v) is 12.8. The summed E-state index contributed by atoms with van der Waals surface area (Å²) in [5.74, 6) is 1.03. The summed E-state index contributed by atoms with van der Waals surface area (Å²) in [7, 11) is 1.66. The SMILES string of the molecule is COCCn1c(SCC(=O)c2cc(C)n(-c3ccc(Br)cc3)c2C)nnc1-c1ccc(Cl)cc1. The third-order valence-electron chi connectivity index (χ3n) is 5.49. The van der Waals surface area contributed by atoms with Crippen LogP contribution in [-0.4, -0.2) is 44.6 Å². The molecule has 0 radical (unpaired) electrons. The van der Waals surface area contributed by atoms with E-state index in [0.717, 1.165) is 32.9 Å². The summed E-state index contributed by atoms with van der Waals surface area (Å²) in [6.45, 7) is 5.08. The van der Waals surface area contributed by atoms with E-state index in [-0.39, 0.29) is 11.5 Å². The van der Waals surface area contributed by atoms with Crippen LogP contribution in [0.5, 0.6) is 0 Å². The highest BCUT2D eigenvalue weighted by Gasteiger charge is 2.20. The molecule has 0 aliphatic rings. The number of methoxy groups -OCH3 is 1. The zero-order valence-electron chi connectivity index (χ0n) is 19.1. The summed E-state index contributed by atoms with van der Waals surface area (Å²) in [4.78, 5) is 13.2. The van der Waals surface area contributed by atoms with Crippen molar-refractivity contribution in [2.45, 2.75) is 25.5 Å². The normalized spacial score (nSPS) is 11.2. The van der Waals surface area contributed by atoms with Crippen LogP contribution >= 0.6 is 39.3 Å². The number of ether oxygens (including phenoxy) is 1. The molecule has 4 rings (SSSR count). The van der Waals surface area contributed by atoms with E-state index < -0.39 is 0 Å². The summed E-state index contributed by atoms with van der Waals surface area (Å²) < 4.78 is 10.4. The van der Waals surface area contributed by atoms with Gasteiger partial charge in [-0.3, -0.25) is 9.36 Å². The van der Waals surface area contributed by atoms with E-state index in [1.807, 2.05) is 73.0 Å². The predicted octanol–water partition coefficient (Wildman–Crippen LogP) is 6.39. The Bertz CT molecular complexity index is 1300. The first kappa shape index (κ1) is 24.7. The van der Waals surface area contributed by atoms with Crippen molar-refractivity contribution in [1.29, 1.82) is 0 Å². The molecule has 0 amide bonds. The summed E-state index contributed by atoms with van der Waals surface area (Å²) in [6, 6.07) is 17.5. The van der Waals surface area contributed by atoms with E-state index >= 15 is 0 Å². The quantitative estimate of drug-likeness (QED) is 0.176. The highest BCUT2D eigenvalue weighted by Crippen LogP contribution is 2.27. The summed E-state index contributed by atoms with van der Waals surface area (Å²) in [6.07, 6.45) is 0. The molecule has 2 heterocycles. The van der Waals surface area contributed by atoms with Crippen molar-refractivity contribution in [2.24, 2.45) is 0 Å². The molecule has 2 aromatic carbocycles. The lowest BCUT2D eigenvalue weighted by molar-refractivity contribution is 0.102. The number of carbonyl (C=O) groups excluding carboxylic acids is 1. The molecule has 0 saturated carbocycles. The van der Waals surface area contributed by atoms with E-state index in [1.54, 1.807) is 7.11 Å². The summed E-state index contributed by atoms with van der Waals surface area (Å²) in [5.41, 5.74) is 4.59. The number of hydrogen-bond acceptors (Lipinski definition) is 5. The fraction of sp³-hybridized carbons (Fsp3) is 0.240. The van der Waals surface area contributed by atoms with Crippen molar-refractivity contribution in [1.82, 2.24) is 19.3 Å². The number of Topliss-reactive ketones (excluding diaryl/α,β-unsaturated/α-hetero) is 1. The van der Waals surface area contributed by atoms with Gasteiger partial charge < -0.3 is 9.30 Å². The van der Waals surface area contributed by atoms with Gasteiger partial charge >= 0.3 is 0 Å². The monoisotopic (exact) mass is 558 g/mol. The highest BCUT2D eigenvalue weighted by atomic mass is 79.9. The maximum absolute atomic E-state index is 13.2. The maximum Gasteiger partial charge on any atom is 0.192 e. The van der Waals surface area contributed by atoms with Crippen molar-refractivity contribution >= 4 is 45.1 Å². The summed E-state index contributed by atoms with van der Waals surface area (Å²) in [5, 5.41) is 10.1. The zero-order chi connectivity index (χ0) is 24.2. The van der Waals surface area contributed by atoms with Crippen LogP contribution in [0.2, 0.25) is 5.02 Å². The number of carbonyl (C=O) groups is 1. The molecular formula is C25H24BrClN4O2S. The maximum atomic E-state index is 13.2. The minimum Gasteiger partial charge on any atom is -0.383 e. The largest absolute Gasteiger partial charge is 0.383 e. The second-order valence-electron chi connectivity index (χ2n) is 7.77. The van der Waals surface area contributed by atoms with Crippen LogP contribution in [-0.2, 0) is 11.3 Å². The van der Waals surface area contributed by atoms with Crippen LogP contribution in [0.25, 0.3) is 17.1 Å². The molecule has 0 saturated heterocycles. The molecular weight excluding hydrogens is 536 g/mol. The van der Waals surface area contributed by atoms with Gasteiger partial charge in [-0.2, -0.15) is 0 Å². The van der Waals surface area contributed by atoms with Crippen molar-refractivity contribution in [3.8, 4) is 17.1 Å². The van der Waals surface area contributed by atoms with Crippen LogP contribution < -0.4 is 0 Å². The third kappa shape index (κ3) is 5.30. The molecule has 2 aromatic heterocycles. The lowest BCUT2D eigenvalue weighted by Crippen LogP contribution is -2.10. The number of rotatable bonds is 9. The average molecular weight is 560 g/mol. The first-order valence-electron chi connectivity index (χ1n) is 10.7. The minimum absolute atomic E-state index is 0.0517. The van der Waals surface area contributed by atoms with Crippen LogP contribution in [0, 0.1) is 13.8 Å². The molecule has 9 heteroatoms. The highest BCUT2D eigenvalue weighted by molar-refractivity contribution is 9.10. The number of ketones is 1. The number of nitrogens with zero attached hydrogens (tertiary/aromatic N) is 4. The standard InChI is InChI=1S/C25H24BrClN4O2S/c1-16-14-22(17(2)31(16)21-10-6-19(26)7-11-21)23(32)15-34-25-29-28-24(30(25)12-13-33-3)18-4-8-20(27)9-5-18/h4-11,14H,12-13,15H2,1-3H3. The number of aromatic nitrogens is 4. The first-order chi connectivity index (χ1) is 16.4. The molecule has 0 aliphatic heterocycles. The van der Waals surface area contributed by atoms with Gasteiger partial charge in [-0.05, 0) is 68.4 Å². The Labute approximate surface area is 216 Å². The number of hydrogen-bond donors (Lipinski definition) is 0. The smallest absolute Gasteiger partial charge is 0.192 e. The zero-order valence-corrected chi connectivity index (χ0v) is 22.2. The van der Waals surface area contributed by atoms with Crippen molar-refractivity contribution in [3.63, 3.8) is 0 Å². The van der Waals surface area contributed by atoms with E-state index in [0.29, 0.717) is 28.9 Å². The molecule has 0 aliphatic carbocycles. The number of halogens is 2. The summed E-state index contributed by atoms with van der Waals surface area (Å²) >= 11 is 10.9. The van der Waals surface area contributed by atoms with Crippen molar-refractivity contribution in [2.75, 3.05) is 19.5 Å². The second kappa shape index (κ2) is 10.9. The fourth-order valence-corrected chi connectivity index (χ4v) is 5.07. The van der Waals surface area contributed by atoms with Crippen molar-refractivity contribution in [3.05, 3.63) is 81.0 Å². The van der Waals surface area contributed by atoms with Crippen LogP contribution in [0.1, 0.15) is 21.7 Å². The van der Waals surface area contributed by atoms with Gasteiger partial charge in [-0.15, -0.1) is 10.2 Å². The van der Waals surface area contributed by atoms with Crippen molar-refractivity contribution < 1.29 is 9.53 Å². The predicted molar refractivity (Wildman–Crippen MR) is 140 cm³/mol. The lowest BCUT2D eigenvalue weighted by Gasteiger charge is -2.11. The molecule has 0 spiro atoms. The average Bonchev–Trinajstić information content (AvgIpc) is 3.37. The van der Waals surface area contributed by atoms with E-state index in [2.05, 4.69) is 30.7 Å². The van der Waals surface area contributed by atoms with Gasteiger partial charge in [0.25, 0.3) is 0 Å². The molecule has 6 nitrogen and oxygen atoms in total. The molecule has 0 unspecified atom stereocenters. The minimum atomic E-state index is 0.0517.